The Balaban J connectivity index is 2.30. The van der Waals surface area contributed by atoms with E-state index in [0.29, 0.717) is 5.56 Å². The monoisotopic (exact) mass is 294 g/mol. The lowest BCUT2D eigenvalue weighted by Gasteiger charge is -2.42. The summed E-state index contributed by atoms with van der Waals surface area (Å²) in [6, 6.07) is 3.49. The molecule has 1 aliphatic heterocycles. The van der Waals surface area contributed by atoms with Gasteiger partial charge in [-0.3, -0.25) is 0 Å². The largest absolute Gasteiger partial charge is 0.480 e. The van der Waals surface area contributed by atoms with Gasteiger partial charge in [0.1, 0.15) is 11.4 Å². The van der Waals surface area contributed by atoms with Crippen molar-refractivity contribution in [1.29, 1.82) is 0 Å². The first-order chi connectivity index (χ1) is 9.86. The van der Waals surface area contributed by atoms with E-state index in [1.54, 1.807) is 6.07 Å². The average Bonchev–Trinajstić information content (AvgIpc) is 2.43. The molecule has 0 spiro atoms. The van der Waals surface area contributed by atoms with Gasteiger partial charge in [-0.2, -0.15) is 4.98 Å². The Morgan fingerprint density at radius 3 is 2.71 bits per heavy atom. The van der Waals surface area contributed by atoms with Gasteiger partial charge in [-0.15, -0.1) is 0 Å². The number of rotatable bonds is 3. The molecular formula is C15H22N2O4. The van der Waals surface area contributed by atoms with Crippen molar-refractivity contribution in [2.75, 3.05) is 32.2 Å². The fourth-order valence-corrected chi connectivity index (χ4v) is 2.66. The molecule has 0 radical (unpaired) electrons. The van der Waals surface area contributed by atoms with Crippen LogP contribution in [0.3, 0.4) is 0 Å². The minimum Gasteiger partial charge on any atom is -0.480 e. The molecule has 1 aromatic rings. The van der Waals surface area contributed by atoms with E-state index < -0.39 is 5.97 Å². The average molecular weight is 294 g/mol. The highest BCUT2D eigenvalue weighted by molar-refractivity contribution is 5.92. The summed E-state index contributed by atoms with van der Waals surface area (Å²) in [4.78, 5) is 18.2. The van der Waals surface area contributed by atoms with E-state index in [9.17, 15) is 4.79 Å². The number of ether oxygens (including phenoxy) is 3. The Kier molecular flexibility index (Phi) is 4.37. The number of anilines is 1. The van der Waals surface area contributed by atoms with Gasteiger partial charge in [-0.05, 0) is 32.9 Å². The number of hydrogen-bond acceptors (Lipinski definition) is 6. The number of morpholine rings is 1. The van der Waals surface area contributed by atoms with Gasteiger partial charge >= 0.3 is 5.97 Å². The molecule has 1 aromatic heterocycles. The van der Waals surface area contributed by atoms with E-state index in [0.717, 1.165) is 18.9 Å². The zero-order chi connectivity index (χ0) is 15.6. The van der Waals surface area contributed by atoms with Crippen LogP contribution in [0.25, 0.3) is 0 Å². The molecule has 6 heteroatoms. The van der Waals surface area contributed by atoms with E-state index in [2.05, 4.69) is 23.7 Å². The van der Waals surface area contributed by atoms with Crippen molar-refractivity contribution in [3.8, 4) is 5.88 Å². The van der Waals surface area contributed by atoms with Gasteiger partial charge < -0.3 is 19.1 Å². The maximum atomic E-state index is 11.7. The Morgan fingerprint density at radius 2 is 2.14 bits per heavy atom. The Bertz CT molecular complexity index is 530. The summed E-state index contributed by atoms with van der Waals surface area (Å²) in [6.45, 7) is 7.61. The number of hydrogen-bond donors (Lipinski definition) is 0. The number of carbonyl (C=O) groups is 1. The van der Waals surface area contributed by atoms with Gasteiger partial charge in [-0.25, -0.2) is 4.79 Å². The number of aromatic nitrogens is 1. The smallest absolute Gasteiger partial charge is 0.343 e. The fourth-order valence-electron chi connectivity index (χ4n) is 2.66. The van der Waals surface area contributed by atoms with Crippen LogP contribution >= 0.6 is 0 Å². The molecule has 6 nitrogen and oxygen atoms in total. The van der Waals surface area contributed by atoms with E-state index >= 15 is 0 Å². The lowest BCUT2D eigenvalue weighted by atomic mass is 10.1. The highest BCUT2D eigenvalue weighted by atomic mass is 16.5. The van der Waals surface area contributed by atoms with Crippen molar-refractivity contribution < 1.29 is 19.0 Å². The Labute approximate surface area is 125 Å². The number of methoxy groups -OCH3 is 2. The van der Waals surface area contributed by atoms with Crippen LogP contribution in [0, 0.1) is 0 Å². The van der Waals surface area contributed by atoms with E-state index in [-0.39, 0.29) is 17.6 Å². The zero-order valence-electron chi connectivity index (χ0n) is 13.2. The second kappa shape index (κ2) is 5.89. The highest BCUT2D eigenvalue weighted by Gasteiger charge is 2.32. The molecular weight excluding hydrogens is 272 g/mol. The summed E-state index contributed by atoms with van der Waals surface area (Å²) in [5.74, 6) is 0.584. The van der Waals surface area contributed by atoms with Crippen molar-refractivity contribution >= 4 is 11.8 Å². The van der Waals surface area contributed by atoms with E-state index in [4.69, 9.17) is 14.2 Å². The molecule has 21 heavy (non-hydrogen) atoms. The Hall–Kier alpha value is -1.82. The molecule has 2 heterocycles. The third kappa shape index (κ3) is 3.44. The Morgan fingerprint density at radius 1 is 1.43 bits per heavy atom. The van der Waals surface area contributed by atoms with Crippen molar-refractivity contribution in [3.05, 3.63) is 17.7 Å². The molecule has 0 amide bonds. The minimum atomic E-state index is -0.457. The molecule has 0 aromatic carbocycles. The topological polar surface area (TPSA) is 60.9 Å². The molecule has 1 saturated heterocycles. The van der Waals surface area contributed by atoms with Crippen LogP contribution in [0.1, 0.15) is 31.1 Å². The molecule has 1 fully saturated rings. The number of esters is 1. The summed E-state index contributed by atoms with van der Waals surface area (Å²) in [7, 11) is 2.83. The molecule has 0 bridgehead atoms. The van der Waals surface area contributed by atoms with Crippen LogP contribution < -0.4 is 9.64 Å². The van der Waals surface area contributed by atoms with Crippen LogP contribution in [0.2, 0.25) is 0 Å². The predicted octanol–water partition coefficient (Wildman–Crippen LogP) is 1.88. The predicted molar refractivity (Wildman–Crippen MR) is 79.0 cm³/mol. The minimum absolute atomic E-state index is 0.113. The van der Waals surface area contributed by atoms with Crippen molar-refractivity contribution in [2.24, 2.45) is 0 Å². The second-order valence-electron chi connectivity index (χ2n) is 5.79. The SMILES string of the molecule is COC(=O)c1ccc(N2CC(C)OC(C)(C)C2)nc1OC. The van der Waals surface area contributed by atoms with Gasteiger partial charge in [0.15, 0.2) is 0 Å². The van der Waals surface area contributed by atoms with Gasteiger partial charge in [0.05, 0.1) is 25.9 Å². The normalized spacial score (nSPS) is 21.0. The molecule has 0 aliphatic carbocycles. The first-order valence-corrected chi connectivity index (χ1v) is 6.92. The first kappa shape index (κ1) is 15.6. The molecule has 1 unspecified atom stereocenters. The molecule has 0 saturated carbocycles. The van der Waals surface area contributed by atoms with Crippen LogP contribution in [0.4, 0.5) is 5.82 Å². The number of nitrogens with zero attached hydrogens (tertiary/aromatic N) is 2. The summed E-state index contributed by atoms with van der Waals surface area (Å²) in [5, 5.41) is 0. The maximum absolute atomic E-state index is 11.7. The summed E-state index contributed by atoms with van der Waals surface area (Å²) < 4.78 is 15.8. The molecule has 1 atom stereocenters. The summed E-state index contributed by atoms with van der Waals surface area (Å²) >= 11 is 0. The van der Waals surface area contributed by atoms with Crippen molar-refractivity contribution in [3.63, 3.8) is 0 Å². The zero-order valence-corrected chi connectivity index (χ0v) is 13.2. The lowest BCUT2D eigenvalue weighted by Crippen LogP contribution is -2.52. The standard InChI is InChI=1S/C15H22N2O4/c1-10-8-17(9-15(2,3)21-10)12-7-6-11(14(18)20-5)13(16-12)19-4/h6-7,10H,8-9H2,1-5H3. The molecule has 1 aliphatic rings. The third-order valence-corrected chi connectivity index (χ3v) is 3.34. The van der Waals surface area contributed by atoms with Gasteiger partial charge in [0.2, 0.25) is 5.88 Å². The third-order valence-electron chi connectivity index (χ3n) is 3.34. The highest BCUT2D eigenvalue weighted by Crippen LogP contribution is 2.27. The maximum Gasteiger partial charge on any atom is 0.343 e. The summed E-state index contributed by atoms with van der Waals surface area (Å²) in [5.41, 5.74) is 0.0810. The molecule has 2 rings (SSSR count). The second-order valence-corrected chi connectivity index (χ2v) is 5.79. The molecule has 116 valence electrons. The van der Waals surface area contributed by atoms with Crippen LogP contribution in [-0.4, -0.2) is 50.0 Å². The molecule has 0 N–H and O–H groups in total. The van der Waals surface area contributed by atoms with Crippen LogP contribution in [0.15, 0.2) is 12.1 Å². The fraction of sp³-hybridized carbons (Fsp3) is 0.600. The van der Waals surface area contributed by atoms with Crippen molar-refractivity contribution in [2.45, 2.75) is 32.5 Å². The van der Waals surface area contributed by atoms with Crippen molar-refractivity contribution in [1.82, 2.24) is 4.98 Å². The van der Waals surface area contributed by atoms with Gasteiger partial charge in [-0.1, -0.05) is 0 Å². The van der Waals surface area contributed by atoms with Crippen LogP contribution in [0.5, 0.6) is 5.88 Å². The number of pyridine rings is 1. The first-order valence-electron chi connectivity index (χ1n) is 6.92. The number of carbonyl (C=O) groups excluding carboxylic acids is 1. The summed E-state index contributed by atoms with van der Waals surface area (Å²) in [6.07, 6.45) is 0.113. The van der Waals surface area contributed by atoms with Gasteiger partial charge in [0.25, 0.3) is 0 Å². The van der Waals surface area contributed by atoms with Gasteiger partial charge in [0, 0.05) is 13.1 Å². The lowest BCUT2D eigenvalue weighted by molar-refractivity contribution is -0.0751. The quantitative estimate of drug-likeness (QED) is 0.793. The van der Waals surface area contributed by atoms with Crippen LogP contribution in [-0.2, 0) is 9.47 Å². The van der Waals surface area contributed by atoms with E-state index in [1.165, 1.54) is 14.2 Å². The van der Waals surface area contributed by atoms with E-state index in [1.807, 2.05) is 13.0 Å².